The molecule has 0 N–H and O–H groups in total. The molecule has 5 heteroatoms. The van der Waals surface area contributed by atoms with Gasteiger partial charge in [0.1, 0.15) is 17.9 Å². The van der Waals surface area contributed by atoms with Gasteiger partial charge in [-0.25, -0.2) is 4.79 Å². The molecule has 154 valence electrons. The van der Waals surface area contributed by atoms with Crippen molar-refractivity contribution in [2.75, 3.05) is 7.11 Å². The van der Waals surface area contributed by atoms with E-state index in [0.717, 1.165) is 16.5 Å². The third kappa shape index (κ3) is 4.73. The molecule has 1 aromatic heterocycles. The molecule has 0 unspecified atom stereocenters. The first-order valence-corrected chi connectivity index (χ1v) is 9.74. The standard InChI is InChI=1S/C26H20O5/c1-29-26(28)20-12-10-18(11-13-20)17-30-23-8-4-2-6-19(23)14-15-22(27)25-16-21-7-3-5-9-24(21)31-25/h2-16H,17H2,1H3. The second kappa shape index (κ2) is 9.13. The molecule has 5 nitrogen and oxygen atoms in total. The molecule has 31 heavy (non-hydrogen) atoms. The summed E-state index contributed by atoms with van der Waals surface area (Å²) in [6.45, 7) is 0.323. The molecule has 0 radical (unpaired) electrons. The second-order valence-electron chi connectivity index (χ2n) is 6.86. The van der Waals surface area contributed by atoms with Crippen LogP contribution in [0.4, 0.5) is 0 Å². The van der Waals surface area contributed by atoms with E-state index in [1.165, 1.54) is 13.2 Å². The molecule has 0 spiro atoms. The lowest BCUT2D eigenvalue weighted by atomic mass is 10.1. The Bertz CT molecular complexity index is 1220. The van der Waals surface area contributed by atoms with Crippen LogP contribution in [0.1, 0.15) is 32.0 Å². The Morgan fingerprint density at radius 2 is 1.68 bits per heavy atom. The summed E-state index contributed by atoms with van der Waals surface area (Å²) >= 11 is 0. The summed E-state index contributed by atoms with van der Waals surface area (Å²) in [5.74, 6) is 0.344. The Balaban J connectivity index is 1.45. The monoisotopic (exact) mass is 412 g/mol. The predicted octanol–water partition coefficient (Wildman–Crippen LogP) is 5.69. The van der Waals surface area contributed by atoms with E-state index in [1.807, 2.05) is 60.7 Å². The van der Waals surface area contributed by atoms with Gasteiger partial charge in [0.15, 0.2) is 5.76 Å². The van der Waals surface area contributed by atoms with Crippen LogP contribution in [0, 0.1) is 0 Å². The van der Waals surface area contributed by atoms with Crippen LogP contribution in [0.15, 0.2) is 89.4 Å². The van der Waals surface area contributed by atoms with Gasteiger partial charge < -0.3 is 13.9 Å². The average Bonchev–Trinajstić information content (AvgIpc) is 3.26. The lowest BCUT2D eigenvalue weighted by Gasteiger charge is -2.09. The van der Waals surface area contributed by atoms with Crippen LogP contribution in [0.25, 0.3) is 17.0 Å². The fourth-order valence-electron chi connectivity index (χ4n) is 3.12. The van der Waals surface area contributed by atoms with E-state index in [-0.39, 0.29) is 11.8 Å². The summed E-state index contributed by atoms with van der Waals surface area (Å²) in [5.41, 5.74) is 2.85. The Morgan fingerprint density at radius 1 is 0.935 bits per heavy atom. The van der Waals surface area contributed by atoms with Crippen LogP contribution in [-0.2, 0) is 11.3 Å². The number of benzene rings is 3. The highest BCUT2D eigenvalue weighted by Crippen LogP contribution is 2.23. The van der Waals surface area contributed by atoms with Gasteiger partial charge in [-0.2, -0.15) is 0 Å². The number of fused-ring (bicyclic) bond motifs is 1. The first-order valence-electron chi connectivity index (χ1n) is 9.74. The zero-order valence-electron chi connectivity index (χ0n) is 16.9. The van der Waals surface area contributed by atoms with Crippen molar-refractivity contribution in [3.8, 4) is 5.75 Å². The Morgan fingerprint density at radius 3 is 2.45 bits per heavy atom. The maximum Gasteiger partial charge on any atom is 0.337 e. The van der Waals surface area contributed by atoms with Gasteiger partial charge in [0.05, 0.1) is 12.7 Å². The maximum atomic E-state index is 12.5. The van der Waals surface area contributed by atoms with Crippen LogP contribution < -0.4 is 4.74 Å². The van der Waals surface area contributed by atoms with Gasteiger partial charge in [-0.05, 0) is 48.0 Å². The number of methoxy groups -OCH3 is 1. The largest absolute Gasteiger partial charge is 0.488 e. The number of allylic oxidation sites excluding steroid dienone is 1. The van der Waals surface area contributed by atoms with E-state index in [2.05, 4.69) is 0 Å². The van der Waals surface area contributed by atoms with Crippen molar-refractivity contribution >= 4 is 28.8 Å². The molecule has 0 bridgehead atoms. The summed E-state index contributed by atoms with van der Waals surface area (Å²) in [6.07, 6.45) is 3.19. The number of esters is 1. The average molecular weight is 412 g/mol. The Hall–Kier alpha value is -4.12. The lowest BCUT2D eigenvalue weighted by molar-refractivity contribution is 0.0600. The number of hydrogen-bond donors (Lipinski definition) is 0. The molecule has 0 saturated heterocycles. The second-order valence-corrected chi connectivity index (χ2v) is 6.86. The van der Waals surface area contributed by atoms with Gasteiger partial charge in [0.25, 0.3) is 0 Å². The minimum Gasteiger partial charge on any atom is -0.488 e. The fourth-order valence-corrected chi connectivity index (χ4v) is 3.12. The van der Waals surface area contributed by atoms with E-state index in [4.69, 9.17) is 13.9 Å². The van der Waals surface area contributed by atoms with Gasteiger partial charge in [-0.1, -0.05) is 48.5 Å². The number of hydrogen-bond acceptors (Lipinski definition) is 5. The number of ketones is 1. The summed E-state index contributed by atoms with van der Waals surface area (Å²) < 4.78 is 16.3. The molecule has 0 fully saturated rings. The van der Waals surface area contributed by atoms with E-state index >= 15 is 0 Å². The van der Waals surface area contributed by atoms with E-state index in [9.17, 15) is 9.59 Å². The summed E-state index contributed by atoms with van der Waals surface area (Å²) in [5, 5.41) is 0.890. The predicted molar refractivity (Wildman–Crippen MR) is 118 cm³/mol. The van der Waals surface area contributed by atoms with Crippen LogP contribution in [-0.4, -0.2) is 18.9 Å². The van der Waals surface area contributed by atoms with Crippen molar-refractivity contribution in [3.05, 3.63) is 107 Å². The van der Waals surface area contributed by atoms with Crippen LogP contribution in [0.5, 0.6) is 5.75 Å². The van der Waals surface area contributed by atoms with Gasteiger partial charge in [0.2, 0.25) is 5.78 Å². The third-order valence-electron chi connectivity index (χ3n) is 4.77. The Labute approximate surface area is 179 Å². The smallest absolute Gasteiger partial charge is 0.337 e. The first kappa shape index (κ1) is 20.2. The van der Waals surface area contributed by atoms with Crippen LogP contribution in [0.3, 0.4) is 0 Å². The van der Waals surface area contributed by atoms with Crippen molar-refractivity contribution in [1.82, 2.24) is 0 Å². The molecule has 0 saturated carbocycles. The number of ether oxygens (including phenoxy) is 2. The molecule has 1 heterocycles. The molecule has 0 aliphatic carbocycles. The molecule has 0 aliphatic heterocycles. The van der Waals surface area contributed by atoms with Crippen molar-refractivity contribution in [2.24, 2.45) is 0 Å². The van der Waals surface area contributed by atoms with E-state index in [1.54, 1.807) is 24.3 Å². The highest BCUT2D eigenvalue weighted by Gasteiger charge is 2.10. The van der Waals surface area contributed by atoms with Crippen LogP contribution >= 0.6 is 0 Å². The highest BCUT2D eigenvalue weighted by atomic mass is 16.5. The fraction of sp³-hybridized carbons (Fsp3) is 0.0769. The van der Waals surface area contributed by atoms with E-state index < -0.39 is 0 Å². The molecular weight excluding hydrogens is 392 g/mol. The quantitative estimate of drug-likeness (QED) is 0.221. The number of para-hydroxylation sites is 2. The maximum absolute atomic E-state index is 12.5. The zero-order valence-corrected chi connectivity index (χ0v) is 16.9. The number of carbonyl (C=O) groups is 2. The minimum absolute atomic E-state index is 0.218. The molecule has 3 aromatic carbocycles. The number of rotatable bonds is 7. The van der Waals surface area contributed by atoms with Crippen molar-refractivity contribution < 1.29 is 23.5 Å². The van der Waals surface area contributed by atoms with Gasteiger partial charge in [0, 0.05) is 10.9 Å². The molecule has 0 atom stereocenters. The molecule has 4 aromatic rings. The zero-order chi connectivity index (χ0) is 21.6. The number of carbonyl (C=O) groups excluding carboxylic acids is 2. The highest BCUT2D eigenvalue weighted by molar-refractivity contribution is 6.07. The lowest BCUT2D eigenvalue weighted by Crippen LogP contribution is -2.02. The minimum atomic E-state index is -0.378. The summed E-state index contributed by atoms with van der Waals surface area (Å²) in [4.78, 5) is 24.1. The summed E-state index contributed by atoms with van der Waals surface area (Å²) in [6, 6.07) is 23.7. The normalized spacial score (nSPS) is 11.0. The molecular formula is C26H20O5. The molecule has 0 amide bonds. The van der Waals surface area contributed by atoms with Crippen LogP contribution in [0.2, 0.25) is 0 Å². The first-order chi connectivity index (χ1) is 15.1. The SMILES string of the molecule is COC(=O)c1ccc(COc2ccccc2C=CC(=O)c2cc3ccccc3o2)cc1. The molecule has 0 aliphatic rings. The van der Waals surface area contributed by atoms with Gasteiger partial charge >= 0.3 is 5.97 Å². The van der Waals surface area contributed by atoms with Gasteiger partial charge in [-0.15, -0.1) is 0 Å². The van der Waals surface area contributed by atoms with Gasteiger partial charge in [-0.3, -0.25) is 4.79 Å². The Kier molecular flexibility index (Phi) is 5.94. The molecule has 4 rings (SSSR count). The van der Waals surface area contributed by atoms with Crippen molar-refractivity contribution in [3.63, 3.8) is 0 Å². The van der Waals surface area contributed by atoms with Crippen molar-refractivity contribution in [1.29, 1.82) is 0 Å². The third-order valence-corrected chi connectivity index (χ3v) is 4.77. The van der Waals surface area contributed by atoms with E-state index in [0.29, 0.717) is 29.3 Å². The number of furan rings is 1. The topological polar surface area (TPSA) is 65.7 Å². The van der Waals surface area contributed by atoms with Crippen molar-refractivity contribution in [2.45, 2.75) is 6.61 Å². The summed E-state index contributed by atoms with van der Waals surface area (Å²) in [7, 11) is 1.35.